The molecule has 0 aromatic heterocycles. The van der Waals surface area contributed by atoms with E-state index in [1.165, 1.54) is 18.1 Å². The average Bonchev–Trinajstić information content (AvgIpc) is 3.16. The number of methoxy groups -OCH3 is 1. The third-order valence-corrected chi connectivity index (χ3v) is 7.21. The Morgan fingerprint density at radius 2 is 1.77 bits per heavy atom. The number of sulfonamides is 1. The number of nitrogens with zero attached hydrogens (tertiary/aromatic N) is 2. The lowest BCUT2D eigenvalue weighted by Crippen LogP contribution is -2.32. The van der Waals surface area contributed by atoms with Crippen molar-refractivity contribution in [2.75, 3.05) is 31.6 Å². The van der Waals surface area contributed by atoms with Crippen LogP contribution in [0.1, 0.15) is 40.1 Å². The highest BCUT2D eigenvalue weighted by Gasteiger charge is 2.30. The first-order valence-electron chi connectivity index (χ1n) is 9.57. The Morgan fingerprint density at radius 1 is 1.10 bits per heavy atom. The normalized spacial score (nSPS) is 13.4. The number of hydrogen-bond donors (Lipinski definition) is 0. The van der Waals surface area contributed by atoms with Crippen LogP contribution in [0.3, 0.4) is 0 Å². The SMILES string of the molecule is CCN(CC)S(=O)(=O)c1cc(C(=O)N2CCc3cc(C(=O)OC)ccc32)ccc1F. The molecule has 0 spiro atoms. The molecule has 1 aliphatic heterocycles. The minimum absolute atomic E-state index is 0.0759. The van der Waals surface area contributed by atoms with Crippen LogP contribution in [0.5, 0.6) is 0 Å². The van der Waals surface area contributed by atoms with Gasteiger partial charge >= 0.3 is 5.97 Å². The number of hydrogen-bond acceptors (Lipinski definition) is 5. The predicted octanol–water partition coefficient (Wildman–Crippen LogP) is 2.85. The number of carbonyl (C=O) groups excluding carboxylic acids is 2. The van der Waals surface area contributed by atoms with Gasteiger partial charge in [-0.05, 0) is 48.4 Å². The van der Waals surface area contributed by atoms with Crippen molar-refractivity contribution in [1.82, 2.24) is 4.31 Å². The second-order valence-electron chi connectivity index (χ2n) is 6.78. The summed E-state index contributed by atoms with van der Waals surface area (Å²) in [4.78, 5) is 25.8. The Bertz CT molecular complexity index is 1100. The summed E-state index contributed by atoms with van der Waals surface area (Å²) in [6, 6.07) is 8.27. The standard InChI is InChI=1S/C21H23FN2O5S/c1-4-23(5-2)30(27,28)19-13-15(6-8-17(19)22)20(25)24-11-10-14-12-16(21(26)29-3)7-9-18(14)24/h6-9,12-13H,4-5,10-11H2,1-3H3. The molecule has 30 heavy (non-hydrogen) atoms. The van der Waals surface area contributed by atoms with E-state index in [9.17, 15) is 22.4 Å². The number of anilines is 1. The summed E-state index contributed by atoms with van der Waals surface area (Å²) in [7, 11) is -2.76. The van der Waals surface area contributed by atoms with Crippen LogP contribution in [-0.4, -0.2) is 51.3 Å². The third-order valence-electron chi connectivity index (χ3n) is 5.14. The van der Waals surface area contributed by atoms with Gasteiger partial charge in [-0.25, -0.2) is 17.6 Å². The van der Waals surface area contributed by atoms with Crippen LogP contribution in [0, 0.1) is 5.82 Å². The van der Waals surface area contributed by atoms with E-state index in [4.69, 9.17) is 4.74 Å². The number of amides is 1. The van der Waals surface area contributed by atoms with Crippen LogP contribution in [0.2, 0.25) is 0 Å². The molecule has 7 nitrogen and oxygen atoms in total. The van der Waals surface area contributed by atoms with Gasteiger partial charge in [0.2, 0.25) is 10.0 Å². The quantitative estimate of drug-likeness (QED) is 0.653. The highest BCUT2D eigenvalue weighted by Crippen LogP contribution is 2.31. The molecular weight excluding hydrogens is 411 g/mol. The molecule has 0 unspecified atom stereocenters. The van der Waals surface area contributed by atoms with Crippen molar-refractivity contribution in [2.24, 2.45) is 0 Å². The van der Waals surface area contributed by atoms with Crippen molar-refractivity contribution < 1.29 is 27.1 Å². The highest BCUT2D eigenvalue weighted by molar-refractivity contribution is 7.89. The molecule has 2 aromatic carbocycles. The molecule has 0 bridgehead atoms. The molecule has 0 radical (unpaired) electrons. The monoisotopic (exact) mass is 434 g/mol. The number of carbonyl (C=O) groups is 2. The van der Waals surface area contributed by atoms with Gasteiger partial charge in [0.25, 0.3) is 5.91 Å². The molecule has 0 fully saturated rings. The second-order valence-corrected chi connectivity index (χ2v) is 8.68. The van der Waals surface area contributed by atoms with Gasteiger partial charge in [0.15, 0.2) is 0 Å². The van der Waals surface area contributed by atoms with Crippen molar-refractivity contribution in [3.63, 3.8) is 0 Å². The summed E-state index contributed by atoms with van der Waals surface area (Å²) in [5, 5.41) is 0. The van der Waals surface area contributed by atoms with E-state index >= 15 is 0 Å². The molecular formula is C21H23FN2O5S. The highest BCUT2D eigenvalue weighted by atomic mass is 32.2. The molecule has 1 amide bonds. The number of rotatable bonds is 6. The van der Waals surface area contributed by atoms with E-state index in [1.54, 1.807) is 32.0 Å². The third kappa shape index (κ3) is 3.82. The zero-order valence-electron chi connectivity index (χ0n) is 17.0. The lowest BCUT2D eigenvalue weighted by molar-refractivity contribution is 0.0600. The molecule has 0 aliphatic carbocycles. The molecule has 160 valence electrons. The Balaban J connectivity index is 1.96. The average molecular weight is 434 g/mol. The van der Waals surface area contributed by atoms with Gasteiger partial charge in [-0.15, -0.1) is 0 Å². The maximum absolute atomic E-state index is 14.4. The Morgan fingerprint density at radius 3 is 2.40 bits per heavy atom. The fraction of sp³-hybridized carbons (Fsp3) is 0.333. The van der Waals surface area contributed by atoms with Gasteiger partial charge in [-0.1, -0.05) is 13.8 Å². The van der Waals surface area contributed by atoms with Crippen molar-refractivity contribution in [3.05, 3.63) is 58.9 Å². The molecule has 0 saturated heterocycles. The van der Waals surface area contributed by atoms with Crippen molar-refractivity contribution in [1.29, 1.82) is 0 Å². The molecule has 1 aliphatic rings. The lowest BCUT2D eigenvalue weighted by atomic mass is 10.1. The van der Waals surface area contributed by atoms with Gasteiger partial charge < -0.3 is 9.64 Å². The second kappa shape index (κ2) is 8.53. The maximum Gasteiger partial charge on any atom is 0.337 e. The summed E-state index contributed by atoms with van der Waals surface area (Å²) >= 11 is 0. The van der Waals surface area contributed by atoms with Crippen LogP contribution in [0.4, 0.5) is 10.1 Å². The first-order chi connectivity index (χ1) is 14.2. The molecule has 0 N–H and O–H groups in total. The number of ether oxygens (including phenoxy) is 1. The lowest BCUT2D eigenvalue weighted by Gasteiger charge is -2.21. The van der Waals surface area contributed by atoms with E-state index in [0.717, 1.165) is 22.0 Å². The number of halogens is 1. The molecule has 3 rings (SSSR count). The number of benzene rings is 2. The predicted molar refractivity (Wildman–Crippen MR) is 110 cm³/mol. The molecule has 0 saturated carbocycles. The van der Waals surface area contributed by atoms with Crippen LogP contribution in [0.25, 0.3) is 0 Å². The first kappa shape index (κ1) is 21.9. The summed E-state index contributed by atoms with van der Waals surface area (Å²) in [6.07, 6.45) is 0.539. The summed E-state index contributed by atoms with van der Waals surface area (Å²) in [6.45, 7) is 4.08. The number of esters is 1. The van der Waals surface area contributed by atoms with Gasteiger partial charge in [0, 0.05) is 30.9 Å². The largest absolute Gasteiger partial charge is 0.465 e. The minimum Gasteiger partial charge on any atom is -0.465 e. The fourth-order valence-corrected chi connectivity index (χ4v) is 5.10. The van der Waals surface area contributed by atoms with Crippen molar-refractivity contribution in [3.8, 4) is 0 Å². The van der Waals surface area contributed by atoms with Gasteiger partial charge in [0.05, 0.1) is 12.7 Å². The molecule has 2 aromatic rings. The number of fused-ring (bicyclic) bond motifs is 1. The van der Waals surface area contributed by atoms with E-state index in [0.29, 0.717) is 24.2 Å². The minimum atomic E-state index is -4.05. The summed E-state index contributed by atoms with van der Waals surface area (Å²) < 4.78 is 45.7. The molecule has 1 heterocycles. The Labute approximate surface area is 175 Å². The summed E-state index contributed by atoms with van der Waals surface area (Å²) in [5.74, 6) is -1.80. The van der Waals surface area contributed by atoms with Gasteiger partial charge in [-0.2, -0.15) is 4.31 Å². The van der Waals surface area contributed by atoms with Crippen LogP contribution < -0.4 is 4.90 Å². The topological polar surface area (TPSA) is 84.0 Å². The van der Waals surface area contributed by atoms with Crippen molar-refractivity contribution in [2.45, 2.75) is 25.2 Å². The maximum atomic E-state index is 14.4. The smallest absolute Gasteiger partial charge is 0.337 e. The zero-order valence-corrected chi connectivity index (χ0v) is 17.8. The van der Waals surface area contributed by atoms with E-state index in [1.807, 2.05) is 0 Å². The Kier molecular flexibility index (Phi) is 6.23. The first-order valence-corrected chi connectivity index (χ1v) is 11.0. The molecule has 9 heteroatoms. The van der Waals surface area contributed by atoms with E-state index in [-0.39, 0.29) is 18.7 Å². The molecule has 0 atom stereocenters. The fourth-order valence-electron chi connectivity index (χ4n) is 3.55. The zero-order chi connectivity index (χ0) is 22.1. The van der Waals surface area contributed by atoms with E-state index in [2.05, 4.69) is 0 Å². The Hall–Kier alpha value is -2.78. The van der Waals surface area contributed by atoms with Crippen LogP contribution >= 0.6 is 0 Å². The summed E-state index contributed by atoms with van der Waals surface area (Å²) in [5.41, 5.74) is 1.90. The van der Waals surface area contributed by atoms with E-state index < -0.39 is 32.6 Å². The van der Waals surface area contributed by atoms with Crippen LogP contribution in [-0.2, 0) is 21.2 Å². The van der Waals surface area contributed by atoms with Gasteiger partial charge in [-0.3, -0.25) is 4.79 Å². The van der Waals surface area contributed by atoms with Crippen LogP contribution in [0.15, 0.2) is 41.3 Å². The van der Waals surface area contributed by atoms with Gasteiger partial charge in [0.1, 0.15) is 10.7 Å². The van der Waals surface area contributed by atoms with Crippen molar-refractivity contribution >= 4 is 27.6 Å².